The molecule has 0 aliphatic carbocycles. The van der Waals surface area contributed by atoms with Crippen molar-refractivity contribution in [2.24, 2.45) is 5.50 Å². The fraction of sp³-hybridized carbons (Fsp3) is 0.250. The van der Waals surface area contributed by atoms with Gasteiger partial charge in [0.25, 0.3) is 0 Å². The number of nitrogens with two attached hydrogens (primary N) is 1. The van der Waals surface area contributed by atoms with Crippen LogP contribution in [0.4, 0.5) is 5.69 Å². The molecule has 3 N–H and O–H groups in total. The van der Waals surface area contributed by atoms with E-state index in [1.54, 1.807) is 14.1 Å². The molecule has 0 heterocycles. The van der Waals surface area contributed by atoms with Gasteiger partial charge in [-0.3, -0.25) is 10.1 Å². The Bertz CT molecular complexity index is 312. The maximum absolute atomic E-state index is 11.7. The van der Waals surface area contributed by atoms with Gasteiger partial charge in [0.05, 0.1) is 0 Å². The molecule has 1 rings (SSSR count). The van der Waals surface area contributed by atoms with Crippen LogP contribution in [0.15, 0.2) is 30.3 Å². The number of nitrogens with one attached hydrogen (secondary N) is 1. The lowest BCUT2D eigenvalue weighted by molar-refractivity contribution is 0.520. The minimum Gasteiger partial charge on any atom is -0.313 e. The van der Waals surface area contributed by atoms with Gasteiger partial charge in [0.15, 0.2) is 0 Å². The number of rotatable bonds is 3. The summed E-state index contributed by atoms with van der Waals surface area (Å²) in [6, 6.07) is 9.25. The molecule has 0 spiro atoms. The van der Waals surface area contributed by atoms with Gasteiger partial charge in [0.2, 0.25) is 0 Å². The first-order chi connectivity index (χ1) is 6.02. The molecule has 72 valence electrons. The van der Waals surface area contributed by atoms with E-state index in [0.717, 1.165) is 5.69 Å². The van der Waals surface area contributed by atoms with Gasteiger partial charge in [-0.05, 0) is 26.2 Å². The first-order valence-electron chi connectivity index (χ1n) is 3.92. The molecule has 1 aromatic carbocycles. The van der Waals surface area contributed by atoms with Crippen LogP contribution in [0.5, 0.6) is 0 Å². The summed E-state index contributed by atoms with van der Waals surface area (Å²) in [5.41, 5.74) is 6.33. The van der Waals surface area contributed by atoms with Gasteiger partial charge in [-0.2, -0.15) is 0 Å². The Kier molecular flexibility index (Phi) is 3.09. The zero-order chi connectivity index (χ0) is 9.90. The molecule has 1 unspecified atom stereocenters. The van der Waals surface area contributed by atoms with E-state index in [1.807, 2.05) is 30.3 Å². The van der Waals surface area contributed by atoms with Crippen molar-refractivity contribution < 1.29 is 4.57 Å². The van der Waals surface area contributed by atoms with Crippen LogP contribution in [0.2, 0.25) is 0 Å². The van der Waals surface area contributed by atoms with E-state index in [0.29, 0.717) is 0 Å². The monoisotopic (exact) mass is 199 g/mol. The van der Waals surface area contributed by atoms with Gasteiger partial charge in [0, 0.05) is 5.69 Å². The number of benzene rings is 1. The fourth-order valence-corrected chi connectivity index (χ4v) is 1.52. The fourth-order valence-electron chi connectivity index (χ4n) is 0.798. The molecule has 5 heteroatoms. The van der Waals surface area contributed by atoms with Gasteiger partial charge in [-0.1, -0.05) is 18.2 Å². The smallest absolute Gasteiger partial charge is 0.302 e. The molecular formula is C8H14N3OP. The van der Waals surface area contributed by atoms with Crippen molar-refractivity contribution in [2.45, 2.75) is 0 Å². The standard InChI is InChI=1S/C8H14N3OP/c1-11(2)13(9,12)10-8-6-4-3-5-7-8/h3-7H,1-2H3,(H3,9,10,12). The lowest BCUT2D eigenvalue weighted by Gasteiger charge is -2.21. The van der Waals surface area contributed by atoms with E-state index >= 15 is 0 Å². The summed E-state index contributed by atoms with van der Waals surface area (Å²) in [5.74, 6) is 0. The van der Waals surface area contributed by atoms with E-state index in [9.17, 15) is 4.57 Å². The van der Waals surface area contributed by atoms with E-state index in [2.05, 4.69) is 5.09 Å². The third-order valence-electron chi connectivity index (χ3n) is 1.66. The highest BCUT2D eigenvalue weighted by molar-refractivity contribution is 7.60. The Morgan fingerprint density at radius 3 is 2.31 bits per heavy atom. The predicted molar refractivity (Wildman–Crippen MR) is 55.5 cm³/mol. The molecule has 0 fully saturated rings. The molecule has 1 atom stereocenters. The summed E-state index contributed by atoms with van der Waals surface area (Å²) in [5, 5.41) is 2.78. The van der Waals surface area contributed by atoms with Crippen LogP contribution in [0.25, 0.3) is 0 Å². The first kappa shape index (κ1) is 10.3. The Hall–Kier alpha value is -0.830. The van der Waals surface area contributed by atoms with Crippen LogP contribution in [-0.4, -0.2) is 18.8 Å². The largest absolute Gasteiger partial charge is 0.313 e. The molecule has 0 saturated carbocycles. The lowest BCUT2D eigenvalue weighted by Crippen LogP contribution is -2.20. The van der Waals surface area contributed by atoms with E-state index in [4.69, 9.17) is 5.50 Å². The average Bonchev–Trinajstić information content (AvgIpc) is 2.05. The maximum atomic E-state index is 11.7. The zero-order valence-electron chi connectivity index (χ0n) is 7.77. The molecule has 4 nitrogen and oxygen atoms in total. The van der Waals surface area contributed by atoms with Crippen molar-refractivity contribution in [1.82, 2.24) is 4.67 Å². The van der Waals surface area contributed by atoms with Crippen molar-refractivity contribution in [3.8, 4) is 0 Å². The molecule has 0 bridgehead atoms. The van der Waals surface area contributed by atoms with Gasteiger partial charge < -0.3 is 5.09 Å². The molecular weight excluding hydrogens is 185 g/mol. The minimum atomic E-state index is -2.90. The third kappa shape index (κ3) is 2.84. The van der Waals surface area contributed by atoms with E-state index in [1.165, 1.54) is 4.67 Å². The molecule has 1 aromatic rings. The van der Waals surface area contributed by atoms with Crippen LogP contribution >= 0.6 is 7.59 Å². The summed E-state index contributed by atoms with van der Waals surface area (Å²) >= 11 is 0. The third-order valence-corrected chi connectivity index (χ3v) is 3.42. The predicted octanol–water partition coefficient (Wildman–Crippen LogP) is 1.73. The van der Waals surface area contributed by atoms with Crippen LogP contribution in [0.1, 0.15) is 0 Å². The van der Waals surface area contributed by atoms with Crippen LogP contribution < -0.4 is 10.6 Å². The Balaban J connectivity index is 2.76. The van der Waals surface area contributed by atoms with Crippen LogP contribution in [-0.2, 0) is 4.57 Å². The zero-order valence-corrected chi connectivity index (χ0v) is 8.66. The minimum absolute atomic E-state index is 0.766. The Morgan fingerprint density at radius 1 is 1.31 bits per heavy atom. The summed E-state index contributed by atoms with van der Waals surface area (Å²) in [6.07, 6.45) is 0. The van der Waals surface area contributed by atoms with E-state index < -0.39 is 7.59 Å². The number of nitrogens with zero attached hydrogens (tertiary/aromatic N) is 1. The molecule has 0 aliphatic rings. The molecule has 0 radical (unpaired) electrons. The number of para-hydroxylation sites is 1. The first-order valence-corrected chi connectivity index (χ1v) is 5.65. The second-order valence-electron chi connectivity index (χ2n) is 2.95. The summed E-state index contributed by atoms with van der Waals surface area (Å²) in [6.45, 7) is 0. The highest BCUT2D eigenvalue weighted by Crippen LogP contribution is 2.38. The second kappa shape index (κ2) is 3.92. The number of anilines is 1. The number of hydrogen-bond donors (Lipinski definition) is 2. The van der Waals surface area contributed by atoms with Gasteiger partial charge in [-0.15, -0.1) is 0 Å². The van der Waals surface area contributed by atoms with Crippen molar-refractivity contribution in [3.63, 3.8) is 0 Å². The highest BCUT2D eigenvalue weighted by Gasteiger charge is 2.17. The van der Waals surface area contributed by atoms with Crippen molar-refractivity contribution >= 4 is 13.3 Å². The molecule has 0 saturated heterocycles. The summed E-state index contributed by atoms with van der Waals surface area (Å²) in [4.78, 5) is 0. The van der Waals surface area contributed by atoms with E-state index in [-0.39, 0.29) is 0 Å². The Labute approximate surface area is 78.3 Å². The van der Waals surface area contributed by atoms with Crippen molar-refractivity contribution in [1.29, 1.82) is 0 Å². The maximum Gasteiger partial charge on any atom is 0.302 e. The van der Waals surface area contributed by atoms with Crippen molar-refractivity contribution in [3.05, 3.63) is 30.3 Å². The normalized spacial score (nSPS) is 15.4. The number of hydrogen-bond acceptors (Lipinski definition) is 1. The average molecular weight is 199 g/mol. The molecule has 0 aliphatic heterocycles. The van der Waals surface area contributed by atoms with Gasteiger partial charge in [-0.25, -0.2) is 4.67 Å². The summed E-state index contributed by atoms with van der Waals surface area (Å²) in [7, 11) is 0.452. The topological polar surface area (TPSA) is 58.4 Å². The van der Waals surface area contributed by atoms with Gasteiger partial charge >= 0.3 is 7.59 Å². The quantitative estimate of drug-likeness (QED) is 0.728. The van der Waals surface area contributed by atoms with Crippen molar-refractivity contribution in [2.75, 3.05) is 19.2 Å². The molecule has 0 amide bonds. The Morgan fingerprint density at radius 2 is 1.85 bits per heavy atom. The second-order valence-corrected chi connectivity index (χ2v) is 5.22. The van der Waals surface area contributed by atoms with Gasteiger partial charge in [0.1, 0.15) is 0 Å². The lowest BCUT2D eigenvalue weighted by atomic mass is 10.3. The SMILES string of the molecule is CN(C)P(N)(=O)Nc1ccccc1. The highest BCUT2D eigenvalue weighted by atomic mass is 31.2. The van der Waals surface area contributed by atoms with Crippen LogP contribution in [0, 0.1) is 0 Å². The molecule has 13 heavy (non-hydrogen) atoms. The summed E-state index contributed by atoms with van der Waals surface area (Å²) < 4.78 is 13.2. The van der Waals surface area contributed by atoms with Crippen LogP contribution in [0.3, 0.4) is 0 Å². The molecule has 0 aromatic heterocycles.